The molecule has 0 fully saturated rings. The smallest absolute Gasteiger partial charge is 0.0467 e. The summed E-state index contributed by atoms with van der Waals surface area (Å²) >= 11 is 0. The molecule has 0 N–H and O–H groups in total. The summed E-state index contributed by atoms with van der Waals surface area (Å²) in [5.74, 6) is 0. The molecule has 0 radical (unpaired) electrons. The van der Waals surface area contributed by atoms with Crippen molar-refractivity contribution in [2.45, 2.75) is 13.3 Å². The monoisotopic (exact) mass is 425 g/mol. The summed E-state index contributed by atoms with van der Waals surface area (Å²) in [4.78, 5) is 2.32. The van der Waals surface area contributed by atoms with Crippen molar-refractivity contribution in [2.75, 3.05) is 4.90 Å². The summed E-state index contributed by atoms with van der Waals surface area (Å²) in [5, 5.41) is 0. The second kappa shape index (κ2) is 9.58. The maximum Gasteiger partial charge on any atom is 0.0467 e. The molecular weight excluding hydrogens is 398 g/mol. The molecule has 0 saturated carbocycles. The number of aryl methyl sites for hydroxylation is 1. The van der Waals surface area contributed by atoms with Gasteiger partial charge in [0.25, 0.3) is 0 Å². The molecule has 0 aliphatic rings. The highest BCUT2D eigenvalue weighted by Gasteiger charge is 2.13. The van der Waals surface area contributed by atoms with Gasteiger partial charge in [0.05, 0.1) is 0 Å². The van der Waals surface area contributed by atoms with Crippen LogP contribution in [0.5, 0.6) is 0 Å². The van der Waals surface area contributed by atoms with Gasteiger partial charge in [0.15, 0.2) is 0 Å². The maximum atomic E-state index is 2.32. The van der Waals surface area contributed by atoms with Crippen LogP contribution in [0.1, 0.15) is 12.5 Å². The van der Waals surface area contributed by atoms with Gasteiger partial charge in [0.2, 0.25) is 0 Å². The largest absolute Gasteiger partial charge is 0.310 e. The first-order valence-electron chi connectivity index (χ1n) is 11.5. The van der Waals surface area contributed by atoms with Crippen LogP contribution in [0.3, 0.4) is 0 Å². The van der Waals surface area contributed by atoms with E-state index in [1.165, 1.54) is 27.8 Å². The highest BCUT2D eigenvalue weighted by molar-refractivity contribution is 5.81. The quantitative estimate of drug-likeness (QED) is 0.262. The molecule has 5 aromatic rings. The molecule has 0 unspecified atom stereocenters. The Balaban J connectivity index is 1.55. The molecule has 1 nitrogen and oxygen atoms in total. The Labute approximate surface area is 196 Å². The highest BCUT2D eigenvalue weighted by atomic mass is 15.1. The first-order chi connectivity index (χ1) is 16.3. The second-order valence-electron chi connectivity index (χ2n) is 8.18. The standard InChI is InChI=1S/C32H27N/c1-2-25-16-18-28(19-17-25)29-12-9-15-32(24-29)33(30-13-7-4-8-14-30)31-22-20-27(21-23-31)26-10-5-3-6-11-26/h3-24H,2H2,1H3. The summed E-state index contributed by atoms with van der Waals surface area (Å²) in [6, 6.07) is 47.6. The Morgan fingerprint density at radius 1 is 0.424 bits per heavy atom. The van der Waals surface area contributed by atoms with E-state index in [0.29, 0.717) is 0 Å². The number of para-hydroxylation sites is 1. The predicted molar refractivity (Wildman–Crippen MR) is 141 cm³/mol. The third kappa shape index (κ3) is 4.58. The summed E-state index contributed by atoms with van der Waals surface area (Å²) in [5.41, 5.74) is 9.69. The van der Waals surface area contributed by atoms with Crippen molar-refractivity contribution in [3.8, 4) is 22.3 Å². The summed E-state index contributed by atoms with van der Waals surface area (Å²) in [6.45, 7) is 2.19. The Morgan fingerprint density at radius 3 is 1.58 bits per heavy atom. The Bertz CT molecular complexity index is 1300. The van der Waals surface area contributed by atoms with Gasteiger partial charge in [0, 0.05) is 17.1 Å². The molecular formula is C32H27N. The molecule has 33 heavy (non-hydrogen) atoms. The minimum Gasteiger partial charge on any atom is -0.310 e. The van der Waals surface area contributed by atoms with E-state index in [1.54, 1.807) is 0 Å². The van der Waals surface area contributed by atoms with E-state index in [0.717, 1.165) is 23.5 Å². The fourth-order valence-electron chi connectivity index (χ4n) is 4.22. The minimum absolute atomic E-state index is 1.06. The first-order valence-corrected chi connectivity index (χ1v) is 11.5. The molecule has 0 spiro atoms. The molecule has 0 atom stereocenters. The zero-order valence-electron chi connectivity index (χ0n) is 18.9. The van der Waals surface area contributed by atoms with Gasteiger partial charge in [-0.2, -0.15) is 0 Å². The van der Waals surface area contributed by atoms with Gasteiger partial charge >= 0.3 is 0 Å². The number of hydrogen-bond donors (Lipinski definition) is 0. The van der Waals surface area contributed by atoms with Gasteiger partial charge in [-0.05, 0) is 70.6 Å². The van der Waals surface area contributed by atoms with Crippen molar-refractivity contribution < 1.29 is 0 Å². The third-order valence-corrected chi connectivity index (χ3v) is 6.05. The van der Waals surface area contributed by atoms with Crippen molar-refractivity contribution in [3.63, 3.8) is 0 Å². The van der Waals surface area contributed by atoms with E-state index in [4.69, 9.17) is 0 Å². The lowest BCUT2D eigenvalue weighted by molar-refractivity contribution is 1.14. The van der Waals surface area contributed by atoms with Crippen LogP contribution in [-0.4, -0.2) is 0 Å². The molecule has 0 bridgehead atoms. The molecule has 0 aliphatic heterocycles. The molecule has 0 aliphatic carbocycles. The van der Waals surface area contributed by atoms with Gasteiger partial charge in [0.1, 0.15) is 0 Å². The molecule has 0 heterocycles. The predicted octanol–water partition coefficient (Wildman–Crippen LogP) is 9.05. The fourth-order valence-corrected chi connectivity index (χ4v) is 4.22. The Kier molecular flexibility index (Phi) is 6.04. The van der Waals surface area contributed by atoms with Gasteiger partial charge in [-0.1, -0.05) is 104 Å². The number of hydrogen-bond acceptors (Lipinski definition) is 1. The zero-order chi connectivity index (χ0) is 22.5. The number of anilines is 3. The molecule has 1 heteroatoms. The molecule has 0 aromatic heterocycles. The second-order valence-corrected chi connectivity index (χ2v) is 8.18. The molecule has 5 rings (SSSR count). The van der Waals surface area contributed by atoms with Crippen LogP contribution in [0.15, 0.2) is 133 Å². The highest BCUT2D eigenvalue weighted by Crippen LogP contribution is 2.37. The van der Waals surface area contributed by atoms with E-state index in [-0.39, 0.29) is 0 Å². The lowest BCUT2D eigenvalue weighted by atomic mass is 10.0. The van der Waals surface area contributed by atoms with Crippen molar-refractivity contribution in [2.24, 2.45) is 0 Å². The van der Waals surface area contributed by atoms with Gasteiger partial charge in [-0.25, -0.2) is 0 Å². The molecule has 0 saturated heterocycles. The van der Waals surface area contributed by atoms with Crippen LogP contribution in [-0.2, 0) is 6.42 Å². The van der Waals surface area contributed by atoms with E-state index in [1.807, 2.05) is 0 Å². The van der Waals surface area contributed by atoms with E-state index in [2.05, 4.69) is 145 Å². The Morgan fingerprint density at radius 2 is 0.909 bits per heavy atom. The maximum absolute atomic E-state index is 2.32. The third-order valence-electron chi connectivity index (χ3n) is 6.05. The van der Waals surface area contributed by atoms with Crippen LogP contribution in [0, 0.1) is 0 Å². The summed E-state index contributed by atoms with van der Waals surface area (Å²) in [6.07, 6.45) is 1.06. The first kappa shape index (κ1) is 20.8. The summed E-state index contributed by atoms with van der Waals surface area (Å²) < 4.78 is 0. The number of rotatable bonds is 6. The number of benzene rings is 5. The summed E-state index contributed by atoms with van der Waals surface area (Å²) in [7, 11) is 0. The molecule has 0 amide bonds. The molecule has 5 aromatic carbocycles. The van der Waals surface area contributed by atoms with Crippen LogP contribution in [0.25, 0.3) is 22.3 Å². The average Bonchev–Trinajstić information content (AvgIpc) is 2.91. The molecule has 160 valence electrons. The minimum atomic E-state index is 1.06. The van der Waals surface area contributed by atoms with Crippen LogP contribution in [0.2, 0.25) is 0 Å². The van der Waals surface area contributed by atoms with Crippen molar-refractivity contribution in [1.82, 2.24) is 0 Å². The van der Waals surface area contributed by atoms with E-state index >= 15 is 0 Å². The van der Waals surface area contributed by atoms with Crippen molar-refractivity contribution >= 4 is 17.1 Å². The van der Waals surface area contributed by atoms with Crippen molar-refractivity contribution in [3.05, 3.63) is 139 Å². The fraction of sp³-hybridized carbons (Fsp3) is 0.0625. The van der Waals surface area contributed by atoms with E-state index in [9.17, 15) is 0 Å². The lowest BCUT2D eigenvalue weighted by Crippen LogP contribution is -2.09. The Hall–Kier alpha value is -4.10. The normalized spacial score (nSPS) is 10.7. The van der Waals surface area contributed by atoms with Crippen LogP contribution < -0.4 is 4.90 Å². The topological polar surface area (TPSA) is 3.24 Å². The lowest BCUT2D eigenvalue weighted by Gasteiger charge is -2.26. The van der Waals surface area contributed by atoms with Crippen LogP contribution in [0.4, 0.5) is 17.1 Å². The van der Waals surface area contributed by atoms with E-state index < -0.39 is 0 Å². The zero-order valence-corrected chi connectivity index (χ0v) is 18.9. The van der Waals surface area contributed by atoms with Gasteiger partial charge in [-0.3, -0.25) is 0 Å². The van der Waals surface area contributed by atoms with Gasteiger partial charge in [-0.15, -0.1) is 0 Å². The average molecular weight is 426 g/mol. The van der Waals surface area contributed by atoms with Crippen molar-refractivity contribution in [1.29, 1.82) is 0 Å². The van der Waals surface area contributed by atoms with Gasteiger partial charge < -0.3 is 4.90 Å². The number of nitrogens with zero attached hydrogens (tertiary/aromatic N) is 1. The SMILES string of the molecule is CCc1ccc(-c2cccc(N(c3ccccc3)c3ccc(-c4ccccc4)cc3)c2)cc1. The van der Waals surface area contributed by atoms with Crippen LogP contribution >= 0.6 is 0 Å².